The van der Waals surface area contributed by atoms with E-state index in [9.17, 15) is 4.39 Å². The quantitative estimate of drug-likeness (QED) is 0.750. The van der Waals surface area contributed by atoms with Gasteiger partial charge < -0.3 is 15.2 Å². The van der Waals surface area contributed by atoms with E-state index in [0.29, 0.717) is 17.5 Å². The molecule has 0 aliphatic heterocycles. The predicted molar refractivity (Wildman–Crippen MR) is 78.8 cm³/mol. The van der Waals surface area contributed by atoms with Gasteiger partial charge in [0.25, 0.3) is 0 Å². The summed E-state index contributed by atoms with van der Waals surface area (Å²) in [5.74, 6) is 0.607. The average Bonchev–Trinajstić information content (AvgIpc) is 2.99. The molecule has 3 rings (SSSR count). The number of rotatable bonds is 4. The Kier molecular flexibility index (Phi) is 3.61. The van der Waals surface area contributed by atoms with Gasteiger partial charge in [0.15, 0.2) is 0 Å². The van der Waals surface area contributed by atoms with Crippen molar-refractivity contribution >= 4 is 5.69 Å². The number of nitrogens with two attached hydrogens (primary N) is 1. The van der Waals surface area contributed by atoms with E-state index in [2.05, 4.69) is 10.1 Å². The number of hydrogen-bond acceptors (Lipinski definition) is 5. The molecule has 6 nitrogen and oxygen atoms in total. The van der Waals surface area contributed by atoms with E-state index in [1.807, 2.05) is 0 Å². The van der Waals surface area contributed by atoms with Crippen molar-refractivity contribution in [3.8, 4) is 23.2 Å². The fraction of sp³-hybridized carbons (Fsp3) is 0.0667. The minimum atomic E-state index is -0.532. The zero-order valence-corrected chi connectivity index (χ0v) is 11.7. The van der Waals surface area contributed by atoms with Crippen molar-refractivity contribution in [1.82, 2.24) is 14.8 Å². The molecule has 112 valence electrons. The highest BCUT2D eigenvalue weighted by molar-refractivity contribution is 5.44. The van der Waals surface area contributed by atoms with Crippen LogP contribution in [0.15, 0.2) is 48.8 Å². The Morgan fingerprint density at radius 2 is 2.00 bits per heavy atom. The molecule has 0 fully saturated rings. The number of ether oxygens (including phenoxy) is 2. The summed E-state index contributed by atoms with van der Waals surface area (Å²) in [5, 5.41) is 4.26. The number of benzene rings is 1. The summed E-state index contributed by atoms with van der Waals surface area (Å²) < 4.78 is 25.6. The second-order valence-electron chi connectivity index (χ2n) is 4.44. The fourth-order valence-electron chi connectivity index (χ4n) is 1.85. The molecule has 0 unspecified atom stereocenters. The highest BCUT2D eigenvalue weighted by Crippen LogP contribution is 2.24. The molecule has 2 aromatic heterocycles. The first kappa shape index (κ1) is 13.9. The molecule has 0 spiro atoms. The standard InChI is InChI=1S/C15H13FN4O2/c1-21-15-8-10(4-6-18-15)20-7-5-14(19-20)22-11-2-3-13(17)12(16)9-11/h2-9H,17H2,1H3. The Morgan fingerprint density at radius 3 is 2.77 bits per heavy atom. The van der Waals surface area contributed by atoms with Crippen LogP contribution in [0.3, 0.4) is 0 Å². The molecule has 0 aliphatic rings. The molecule has 0 radical (unpaired) electrons. The smallest absolute Gasteiger partial charge is 0.238 e. The molecule has 22 heavy (non-hydrogen) atoms. The summed E-state index contributed by atoms with van der Waals surface area (Å²) in [4.78, 5) is 4.03. The topological polar surface area (TPSA) is 75.2 Å². The zero-order chi connectivity index (χ0) is 15.5. The van der Waals surface area contributed by atoms with E-state index < -0.39 is 5.82 Å². The number of pyridine rings is 1. The lowest BCUT2D eigenvalue weighted by atomic mass is 10.3. The van der Waals surface area contributed by atoms with Crippen LogP contribution in [0.2, 0.25) is 0 Å². The number of anilines is 1. The van der Waals surface area contributed by atoms with Crippen molar-refractivity contribution < 1.29 is 13.9 Å². The lowest BCUT2D eigenvalue weighted by Crippen LogP contribution is -1.97. The van der Waals surface area contributed by atoms with Crippen LogP contribution >= 0.6 is 0 Å². The van der Waals surface area contributed by atoms with Crippen LogP contribution < -0.4 is 15.2 Å². The summed E-state index contributed by atoms with van der Waals surface area (Å²) >= 11 is 0. The van der Waals surface area contributed by atoms with E-state index in [4.69, 9.17) is 15.2 Å². The summed E-state index contributed by atoms with van der Waals surface area (Å²) in [6.07, 6.45) is 3.34. The number of halogens is 1. The van der Waals surface area contributed by atoms with Crippen molar-refractivity contribution in [2.45, 2.75) is 0 Å². The van der Waals surface area contributed by atoms with Gasteiger partial charge in [-0.15, -0.1) is 5.10 Å². The molecule has 3 aromatic rings. The molecule has 0 atom stereocenters. The van der Waals surface area contributed by atoms with E-state index in [-0.39, 0.29) is 5.69 Å². The van der Waals surface area contributed by atoms with Crippen LogP contribution in [0.4, 0.5) is 10.1 Å². The maximum atomic E-state index is 13.4. The highest BCUT2D eigenvalue weighted by atomic mass is 19.1. The van der Waals surface area contributed by atoms with Gasteiger partial charge in [-0.05, 0) is 18.2 Å². The number of aromatic nitrogens is 3. The first-order chi connectivity index (χ1) is 10.7. The summed E-state index contributed by atoms with van der Waals surface area (Å²) in [5.41, 5.74) is 6.26. The van der Waals surface area contributed by atoms with Gasteiger partial charge in [-0.25, -0.2) is 14.1 Å². The van der Waals surface area contributed by atoms with Gasteiger partial charge in [0.05, 0.1) is 18.5 Å². The van der Waals surface area contributed by atoms with Gasteiger partial charge in [-0.1, -0.05) is 0 Å². The van der Waals surface area contributed by atoms with Gasteiger partial charge in [0.2, 0.25) is 11.8 Å². The third kappa shape index (κ3) is 2.83. The average molecular weight is 300 g/mol. The van der Waals surface area contributed by atoms with Gasteiger partial charge >= 0.3 is 0 Å². The van der Waals surface area contributed by atoms with Crippen LogP contribution in [-0.4, -0.2) is 21.9 Å². The third-order valence-corrected chi connectivity index (χ3v) is 2.95. The second kappa shape index (κ2) is 5.72. The van der Waals surface area contributed by atoms with E-state index in [0.717, 1.165) is 5.69 Å². The largest absolute Gasteiger partial charge is 0.481 e. The van der Waals surface area contributed by atoms with Crippen molar-refractivity contribution in [3.05, 3.63) is 54.6 Å². The van der Waals surface area contributed by atoms with Gasteiger partial charge in [0, 0.05) is 30.6 Å². The number of hydrogen-bond donors (Lipinski definition) is 1. The lowest BCUT2D eigenvalue weighted by Gasteiger charge is -2.04. The molecular weight excluding hydrogens is 287 g/mol. The van der Waals surface area contributed by atoms with Crippen LogP contribution in [0, 0.1) is 5.82 Å². The molecule has 2 heterocycles. The Labute approximate surface area is 125 Å². The Balaban J connectivity index is 1.82. The minimum Gasteiger partial charge on any atom is -0.481 e. The monoisotopic (exact) mass is 300 g/mol. The van der Waals surface area contributed by atoms with Crippen molar-refractivity contribution in [3.63, 3.8) is 0 Å². The third-order valence-electron chi connectivity index (χ3n) is 2.95. The van der Waals surface area contributed by atoms with Gasteiger partial charge in [-0.3, -0.25) is 0 Å². The van der Waals surface area contributed by atoms with Crippen molar-refractivity contribution in [1.29, 1.82) is 0 Å². The zero-order valence-electron chi connectivity index (χ0n) is 11.7. The molecule has 0 amide bonds. The summed E-state index contributed by atoms with van der Waals surface area (Å²) in [7, 11) is 1.54. The van der Waals surface area contributed by atoms with Crippen molar-refractivity contribution in [2.75, 3.05) is 12.8 Å². The number of nitrogens with zero attached hydrogens (tertiary/aromatic N) is 3. The Bertz CT molecular complexity index is 804. The molecule has 2 N–H and O–H groups in total. The highest BCUT2D eigenvalue weighted by Gasteiger charge is 2.07. The molecule has 0 saturated carbocycles. The predicted octanol–water partition coefficient (Wildman–Crippen LogP) is 2.79. The first-order valence-electron chi connectivity index (χ1n) is 6.44. The SMILES string of the molecule is COc1cc(-n2ccc(Oc3ccc(N)c(F)c3)n2)ccn1. The summed E-state index contributed by atoms with van der Waals surface area (Å²) in [6.45, 7) is 0. The molecule has 1 aromatic carbocycles. The normalized spacial score (nSPS) is 10.5. The second-order valence-corrected chi connectivity index (χ2v) is 4.44. The maximum absolute atomic E-state index is 13.4. The maximum Gasteiger partial charge on any atom is 0.238 e. The van der Waals surface area contributed by atoms with Crippen LogP contribution in [0.1, 0.15) is 0 Å². The summed E-state index contributed by atoms with van der Waals surface area (Å²) in [6, 6.07) is 9.41. The molecule has 7 heteroatoms. The molecule has 0 bridgehead atoms. The van der Waals surface area contributed by atoms with Crippen LogP contribution in [-0.2, 0) is 0 Å². The Hall–Kier alpha value is -3.09. The van der Waals surface area contributed by atoms with E-state index >= 15 is 0 Å². The van der Waals surface area contributed by atoms with Crippen molar-refractivity contribution in [2.24, 2.45) is 0 Å². The van der Waals surface area contributed by atoms with Gasteiger partial charge in [-0.2, -0.15) is 0 Å². The fourth-order valence-corrected chi connectivity index (χ4v) is 1.85. The molecule has 0 saturated heterocycles. The first-order valence-corrected chi connectivity index (χ1v) is 6.44. The lowest BCUT2D eigenvalue weighted by molar-refractivity contribution is 0.397. The minimum absolute atomic E-state index is 0.0711. The number of methoxy groups -OCH3 is 1. The van der Waals surface area contributed by atoms with Crippen LogP contribution in [0.5, 0.6) is 17.5 Å². The molecular formula is C15H13FN4O2. The van der Waals surface area contributed by atoms with Gasteiger partial charge in [0.1, 0.15) is 11.6 Å². The van der Waals surface area contributed by atoms with Crippen LogP contribution in [0.25, 0.3) is 5.69 Å². The van der Waals surface area contributed by atoms with E-state index in [1.165, 1.54) is 12.1 Å². The Morgan fingerprint density at radius 1 is 1.14 bits per heavy atom. The van der Waals surface area contributed by atoms with E-state index in [1.54, 1.807) is 48.5 Å². The molecule has 0 aliphatic carbocycles. The number of nitrogen functional groups attached to an aromatic ring is 1.